The van der Waals surface area contributed by atoms with E-state index in [1.807, 2.05) is 6.07 Å². The van der Waals surface area contributed by atoms with Crippen LogP contribution in [0.5, 0.6) is 5.75 Å². The van der Waals surface area contributed by atoms with Crippen molar-refractivity contribution in [3.8, 4) is 5.75 Å². The Labute approximate surface area is 238 Å². The fourth-order valence-electron chi connectivity index (χ4n) is 4.11. The second-order valence-electron chi connectivity index (χ2n) is 9.63. The number of benzene rings is 2. The topological polar surface area (TPSA) is 158 Å². The van der Waals surface area contributed by atoms with Crippen molar-refractivity contribution in [2.24, 2.45) is 0 Å². The van der Waals surface area contributed by atoms with E-state index in [2.05, 4.69) is 10.0 Å². The molecule has 2 aromatic carbocycles. The standard InChI is InChI=1S/C29H46N2O8S/c32-15-19-39-18-14-31-40(36,37)27-10-7-9-24(20-27)8-3-6-17-38-16-5-2-1-4-13-30-22-29(35)25-11-12-28(34)26(21-25)23-33/h7,9-12,20-21,29-35H,1-6,8,13-19,22-23H2/t29-/m0/s1. The summed E-state index contributed by atoms with van der Waals surface area (Å²) in [4.78, 5) is 0.240. The number of hydrogen-bond donors (Lipinski definition) is 6. The van der Waals surface area contributed by atoms with Crippen molar-refractivity contribution < 1.29 is 38.3 Å². The molecule has 6 N–H and O–H groups in total. The van der Waals surface area contributed by atoms with Crippen molar-refractivity contribution in [2.45, 2.75) is 62.6 Å². The molecule has 2 rings (SSSR count). The summed E-state index contributed by atoms with van der Waals surface area (Å²) in [5.41, 5.74) is 2.04. The smallest absolute Gasteiger partial charge is 0.240 e. The van der Waals surface area contributed by atoms with Gasteiger partial charge in [-0.3, -0.25) is 0 Å². The van der Waals surface area contributed by atoms with Crippen molar-refractivity contribution in [1.29, 1.82) is 0 Å². The molecule has 0 bridgehead atoms. The van der Waals surface area contributed by atoms with Crippen LogP contribution in [0.1, 0.15) is 61.3 Å². The number of nitrogens with one attached hydrogen (secondary N) is 2. The molecule has 10 nitrogen and oxygen atoms in total. The third kappa shape index (κ3) is 13.5. The number of aromatic hydroxyl groups is 1. The molecule has 1 atom stereocenters. The zero-order valence-corrected chi connectivity index (χ0v) is 24.1. The number of phenols is 1. The van der Waals surface area contributed by atoms with Crippen LogP contribution in [0.15, 0.2) is 47.4 Å². The minimum Gasteiger partial charge on any atom is -0.508 e. The quantitative estimate of drug-likeness (QED) is 0.108. The van der Waals surface area contributed by atoms with Gasteiger partial charge in [-0.1, -0.05) is 31.0 Å². The summed E-state index contributed by atoms with van der Waals surface area (Å²) in [5.74, 6) is 0.0270. The van der Waals surface area contributed by atoms with Crippen molar-refractivity contribution >= 4 is 10.0 Å². The minimum absolute atomic E-state index is 0.0270. The molecular formula is C29H46N2O8S. The molecule has 0 aromatic heterocycles. The van der Waals surface area contributed by atoms with Gasteiger partial charge in [0.2, 0.25) is 10.0 Å². The van der Waals surface area contributed by atoms with Gasteiger partial charge >= 0.3 is 0 Å². The van der Waals surface area contributed by atoms with Crippen molar-refractivity contribution in [3.63, 3.8) is 0 Å². The first kappa shape index (κ1) is 34.1. The number of aliphatic hydroxyl groups is 3. The van der Waals surface area contributed by atoms with E-state index in [1.54, 1.807) is 30.3 Å². The van der Waals surface area contributed by atoms with Gasteiger partial charge in [-0.05, 0) is 74.0 Å². The summed E-state index contributed by atoms with van der Waals surface area (Å²) in [6.45, 7) is 2.81. The highest BCUT2D eigenvalue weighted by molar-refractivity contribution is 7.89. The summed E-state index contributed by atoms with van der Waals surface area (Å²) in [7, 11) is -3.59. The van der Waals surface area contributed by atoms with Gasteiger partial charge in [0.05, 0.1) is 37.4 Å². The van der Waals surface area contributed by atoms with Crippen LogP contribution >= 0.6 is 0 Å². The Kier molecular flexibility index (Phi) is 17.0. The molecule has 0 saturated carbocycles. The molecule has 0 fully saturated rings. The van der Waals surface area contributed by atoms with Crippen LogP contribution in [0.25, 0.3) is 0 Å². The molecule has 0 aliphatic rings. The summed E-state index contributed by atoms with van der Waals surface area (Å²) < 4.78 is 38.2. The molecule has 0 spiro atoms. The van der Waals surface area contributed by atoms with E-state index < -0.39 is 16.1 Å². The van der Waals surface area contributed by atoms with Crippen LogP contribution in [-0.4, -0.2) is 81.5 Å². The number of rotatable bonds is 23. The van der Waals surface area contributed by atoms with Crippen LogP contribution in [0.3, 0.4) is 0 Å². The average molecular weight is 583 g/mol. The van der Waals surface area contributed by atoms with Crippen LogP contribution < -0.4 is 10.0 Å². The zero-order chi connectivity index (χ0) is 29.1. The molecule has 0 heterocycles. The molecule has 0 amide bonds. The van der Waals surface area contributed by atoms with Crippen molar-refractivity contribution in [1.82, 2.24) is 10.0 Å². The Hall–Kier alpha value is -2.09. The predicted octanol–water partition coefficient (Wildman–Crippen LogP) is 2.39. The molecule has 11 heteroatoms. The lowest BCUT2D eigenvalue weighted by molar-refractivity contribution is 0.0961. The molecule has 40 heavy (non-hydrogen) atoms. The normalized spacial score (nSPS) is 12.6. The summed E-state index contributed by atoms with van der Waals surface area (Å²) >= 11 is 0. The van der Waals surface area contributed by atoms with Crippen molar-refractivity contribution in [3.05, 3.63) is 59.2 Å². The van der Waals surface area contributed by atoms with E-state index in [1.165, 1.54) is 6.07 Å². The lowest BCUT2D eigenvalue weighted by Crippen LogP contribution is -2.27. The summed E-state index contributed by atoms with van der Waals surface area (Å²) in [5, 5.41) is 41.1. The molecule has 0 aliphatic carbocycles. The molecule has 0 radical (unpaired) electrons. The molecule has 0 unspecified atom stereocenters. The number of unbranched alkanes of at least 4 members (excludes halogenated alkanes) is 4. The molecule has 0 aliphatic heterocycles. The van der Waals surface area contributed by atoms with Gasteiger partial charge in [0.15, 0.2) is 0 Å². The van der Waals surface area contributed by atoms with Crippen molar-refractivity contribution in [2.75, 3.05) is 52.7 Å². The highest BCUT2D eigenvalue weighted by atomic mass is 32.2. The van der Waals surface area contributed by atoms with Gasteiger partial charge in [0.25, 0.3) is 0 Å². The Morgan fingerprint density at radius 2 is 1.57 bits per heavy atom. The Balaban J connectivity index is 1.47. The number of sulfonamides is 1. The fraction of sp³-hybridized carbons (Fsp3) is 0.586. The molecule has 226 valence electrons. The first-order valence-electron chi connectivity index (χ1n) is 14.0. The first-order chi connectivity index (χ1) is 19.4. The summed E-state index contributed by atoms with van der Waals surface area (Å²) in [6, 6.07) is 11.7. The second kappa shape index (κ2) is 19.9. The van der Waals surface area contributed by atoms with E-state index in [9.17, 15) is 23.7 Å². The van der Waals surface area contributed by atoms with E-state index >= 15 is 0 Å². The highest BCUT2D eigenvalue weighted by Gasteiger charge is 2.14. The Morgan fingerprint density at radius 1 is 0.825 bits per heavy atom. The van der Waals surface area contributed by atoms with Gasteiger partial charge in [-0.25, -0.2) is 13.1 Å². The van der Waals surface area contributed by atoms with Crippen LogP contribution in [0.4, 0.5) is 0 Å². The number of hydrogen-bond acceptors (Lipinski definition) is 9. The lowest BCUT2D eigenvalue weighted by Gasteiger charge is -2.14. The van der Waals surface area contributed by atoms with E-state index in [4.69, 9.17) is 14.6 Å². The van der Waals surface area contributed by atoms with Crippen LogP contribution in [-0.2, 0) is 32.5 Å². The number of aryl methyl sites for hydroxylation is 1. The molecule has 0 saturated heterocycles. The van der Waals surface area contributed by atoms with Gasteiger partial charge in [-0.15, -0.1) is 0 Å². The van der Waals surface area contributed by atoms with Gasteiger partial charge in [-0.2, -0.15) is 0 Å². The zero-order valence-electron chi connectivity index (χ0n) is 23.3. The maximum atomic E-state index is 12.4. The van der Waals surface area contributed by atoms with Crippen LogP contribution in [0, 0.1) is 0 Å². The fourth-order valence-corrected chi connectivity index (χ4v) is 5.19. The third-order valence-corrected chi connectivity index (χ3v) is 7.83. The maximum absolute atomic E-state index is 12.4. The monoisotopic (exact) mass is 582 g/mol. The molecule has 2 aromatic rings. The van der Waals surface area contributed by atoms with E-state index in [-0.39, 0.29) is 43.6 Å². The third-order valence-electron chi connectivity index (χ3n) is 6.38. The van der Waals surface area contributed by atoms with Gasteiger partial charge in [0, 0.05) is 31.9 Å². The van der Waals surface area contributed by atoms with Gasteiger partial charge in [0.1, 0.15) is 5.75 Å². The Bertz CT molecular complexity index is 1070. The Morgan fingerprint density at radius 3 is 2.35 bits per heavy atom. The van der Waals surface area contributed by atoms with E-state index in [0.29, 0.717) is 24.3 Å². The predicted molar refractivity (Wildman–Crippen MR) is 154 cm³/mol. The average Bonchev–Trinajstić information content (AvgIpc) is 2.95. The van der Waals surface area contributed by atoms with Crippen LogP contribution in [0.2, 0.25) is 0 Å². The van der Waals surface area contributed by atoms with E-state index in [0.717, 1.165) is 63.7 Å². The number of aliphatic hydroxyl groups excluding tert-OH is 3. The minimum atomic E-state index is -3.59. The first-order valence-corrected chi connectivity index (χ1v) is 15.5. The SMILES string of the molecule is O=S(=O)(NCCOCCO)c1cccc(CCCCOCCCCCCNC[C@H](O)c2ccc(O)c(CO)c2)c1. The lowest BCUT2D eigenvalue weighted by atomic mass is 10.1. The van der Waals surface area contributed by atoms with Gasteiger partial charge < -0.3 is 35.2 Å². The number of ether oxygens (including phenoxy) is 2. The summed E-state index contributed by atoms with van der Waals surface area (Å²) in [6.07, 6.45) is 6.06. The second-order valence-corrected chi connectivity index (χ2v) is 11.4. The largest absolute Gasteiger partial charge is 0.508 e. The molecular weight excluding hydrogens is 536 g/mol. The maximum Gasteiger partial charge on any atom is 0.240 e. The highest BCUT2D eigenvalue weighted by Crippen LogP contribution is 2.22.